The summed E-state index contributed by atoms with van der Waals surface area (Å²) in [6, 6.07) is 18.1. The molecular weight excluding hydrogens is 988 g/mol. The molecule has 0 radical (unpaired) electrons. The number of aryl methyl sites for hydroxylation is 1. The fraction of sp³-hybridized carbons (Fsp3) is 0.526. The van der Waals surface area contributed by atoms with E-state index in [1.165, 1.54) is 15.1 Å². The average Bonchev–Trinajstić information content (AvgIpc) is 4.22. The third-order valence-electron chi connectivity index (χ3n) is 16.9. The van der Waals surface area contributed by atoms with E-state index >= 15 is 0 Å². The van der Waals surface area contributed by atoms with Crippen LogP contribution in [0.15, 0.2) is 77.2 Å². The molecule has 0 spiro atoms. The van der Waals surface area contributed by atoms with E-state index in [4.69, 9.17) is 16.3 Å². The standard InChI is InChI=1S/C57H69ClN10O6S/c1-34-50(75-33-59-34)39-15-13-37(14-16-39)44(31-65-23-25-74-26-24-65)60-52(70)48-28-41(69)30-66(48)54(72)51(57(4,5)73)67-32-45(62-63-67)38-11-9-35(10-12-38)29-64-21-19-36(20-22-64)40-17-18-42-47(27-40)68-46-8-6-7-43(58)49(46)53(71)61-55(68)56(42,2)3/h6-8,13-18,27,32-33,35-36,38,41,44,48,51,69,73H,9-12,19-26,28-31H2,1-5H3,(H,60,70)/t35?,38?,41-,44+,48+,51-/m1/s1. The molecule has 11 rings (SSSR count). The summed E-state index contributed by atoms with van der Waals surface area (Å²) >= 11 is 8.14. The van der Waals surface area contributed by atoms with Crippen molar-refractivity contribution >= 4 is 45.7 Å². The van der Waals surface area contributed by atoms with Crippen LogP contribution < -0.4 is 10.9 Å². The first kappa shape index (κ1) is 51.7. The number of morpholine rings is 1. The van der Waals surface area contributed by atoms with Gasteiger partial charge in [-0.15, -0.1) is 16.4 Å². The monoisotopic (exact) mass is 1060 g/mol. The number of aliphatic hydroxyl groups excluding tert-OH is 1. The Balaban J connectivity index is 0.713. The van der Waals surface area contributed by atoms with Crippen LogP contribution in [-0.4, -0.2) is 143 Å². The molecule has 7 heterocycles. The molecule has 4 aliphatic heterocycles. The molecule has 0 unspecified atom stereocenters. The van der Waals surface area contributed by atoms with Crippen molar-refractivity contribution in [3.63, 3.8) is 0 Å². The highest BCUT2D eigenvalue weighted by molar-refractivity contribution is 7.13. The molecule has 0 bridgehead atoms. The van der Waals surface area contributed by atoms with Gasteiger partial charge in [0.05, 0.1) is 79.8 Å². The van der Waals surface area contributed by atoms with Gasteiger partial charge < -0.3 is 30.1 Å². The van der Waals surface area contributed by atoms with Gasteiger partial charge in [-0.1, -0.05) is 59.3 Å². The quantitative estimate of drug-likeness (QED) is 0.105. The number of halogens is 1. The van der Waals surface area contributed by atoms with Crippen molar-refractivity contribution in [3.05, 3.63) is 122 Å². The zero-order valence-corrected chi connectivity index (χ0v) is 45.2. The Morgan fingerprint density at radius 1 is 0.960 bits per heavy atom. The Kier molecular flexibility index (Phi) is 14.4. The third-order valence-corrected chi connectivity index (χ3v) is 18.2. The Hall–Kier alpha value is -5.40. The first-order valence-corrected chi connectivity index (χ1v) is 28.1. The summed E-state index contributed by atoms with van der Waals surface area (Å²) in [7, 11) is 0. The highest BCUT2D eigenvalue weighted by Crippen LogP contribution is 2.45. The SMILES string of the molecule is Cc1ncsc1-c1ccc([C@H](CN2CCOCC2)NC(=O)[C@@H]2C[C@@H](O)CN2C(=O)[C@@H](n2cc(C3CCC(CN4CCC(c5ccc6c(c5)-n5c(nc(=O)c7c(Cl)cccc75)C6(C)C)CC4)CC3)nn2)C(C)(C)O)cc1. The highest BCUT2D eigenvalue weighted by Gasteiger charge is 2.47. The van der Waals surface area contributed by atoms with E-state index < -0.39 is 41.2 Å². The van der Waals surface area contributed by atoms with Crippen LogP contribution >= 0.6 is 22.9 Å². The maximum Gasteiger partial charge on any atom is 0.282 e. The summed E-state index contributed by atoms with van der Waals surface area (Å²) in [5.41, 5.74) is 7.69. The summed E-state index contributed by atoms with van der Waals surface area (Å²) in [4.78, 5) is 58.7. The van der Waals surface area contributed by atoms with Crippen molar-refractivity contribution in [3.8, 4) is 16.1 Å². The Morgan fingerprint density at radius 2 is 1.71 bits per heavy atom. The molecule has 3 saturated heterocycles. The minimum absolute atomic E-state index is 0.0406. The lowest BCUT2D eigenvalue weighted by atomic mass is 9.80. The van der Waals surface area contributed by atoms with E-state index in [2.05, 4.69) is 84.1 Å². The van der Waals surface area contributed by atoms with Gasteiger partial charge in [-0.2, -0.15) is 4.98 Å². The number of carbonyl (C=O) groups is 2. The minimum atomic E-state index is -1.56. The topological polar surface area (TPSA) is 184 Å². The van der Waals surface area contributed by atoms with Crippen LogP contribution in [0.4, 0.5) is 0 Å². The summed E-state index contributed by atoms with van der Waals surface area (Å²) in [5.74, 6) is 1.07. The number of rotatable bonds is 13. The van der Waals surface area contributed by atoms with Gasteiger partial charge in [-0.3, -0.25) is 23.9 Å². The van der Waals surface area contributed by atoms with Crippen molar-refractivity contribution in [1.29, 1.82) is 0 Å². The number of nitrogens with zero attached hydrogens (tertiary/aromatic N) is 9. The zero-order valence-electron chi connectivity index (χ0n) is 43.6. The predicted octanol–water partition coefficient (Wildman–Crippen LogP) is 7.32. The van der Waals surface area contributed by atoms with Gasteiger partial charge in [0.25, 0.3) is 11.5 Å². The number of nitrogens with one attached hydrogen (secondary N) is 1. The van der Waals surface area contributed by atoms with Crippen molar-refractivity contribution in [2.45, 2.75) is 127 Å². The lowest BCUT2D eigenvalue weighted by molar-refractivity contribution is -0.147. The molecule has 6 aromatic rings. The number of carbonyl (C=O) groups excluding carboxylic acids is 2. The number of amides is 2. The van der Waals surface area contributed by atoms with Gasteiger partial charge in [0, 0.05) is 51.3 Å². The molecule has 3 N–H and O–H groups in total. The van der Waals surface area contributed by atoms with Crippen LogP contribution in [0, 0.1) is 12.8 Å². The molecule has 1 saturated carbocycles. The van der Waals surface area contributed by atoms with Crippen LogP contribution in [0.5, 0.6) is 0 Å². The lowest BCUT2D eigenvalue weighted by Crippen LogP contribution is -2.53. The molecule has 2 amide bonds. The number of β-amino-alcohol motifs (C(OH)–C–C–N with tert-alkyl or cyclic N) is 1. The first-order valence-electron chi connectivity index (χ1n) is 26.8. The largest absolute Gasteiger partial charge is 0.391 e. The Bertz CT molecular complexity index is 3130. The van der Waals surface area contributed by atoms with Crippen molar-refractivity contribution < 1.29 is 24.5 Å². The van der Waals surface area contributed by atoms with E-state index in [9.17, 15) is 24.6 Å². The number of likely N-dealkylation sites (tertiary alicyclic amines) is 2. The number of aromatic nitrogens is 6. The molecule has 1 aliphatic carbocycles. The second-order valence-electron chi connectivity index (χ2n) is 22.8. The Labute approximate surface area is 447 Å². The summed E-state index contributed by atoms with van der Waals surface area (Å²) < 4.78 is 9.23. The molecule has 396 valence electrons. The Morgan fingerprint density at radius 3 is 2.41 bits per heavy atom. The van der Waals surface area contributed by atoms with Crippen LogP contribution in [0.25, 0.3) is 27.0 Å². The van der Waals surface area contributed by atoms with E-state index in [-0.39, 0.29) is 30.3 Å². The molecule has 5 aliphatic rings. The van der Waals surface area contributed by atoms with E-state index in [0.29, 0.717) is 42.0 Å². The number of thiazole rings is 1. The second-order valence-corrected chi connectivity index (χ2v) is 24.1. The van der Waals surface area contributed by atoms with Gasteiger partial charge in [0.2, 0.25) is 5.91 Å². The number of aliphatic hydroxyl groups is 2. The predicted molar refractivity (Wildman–Crippen MR) is 290 cm³/mol. The fourth-order valence-corrected chi connectivity index (χ4v) is 13.8. The van der Waals surface area contributed by atoms with Gasteiger partial charge in [-0.05, 0) is 139 Å². The minimum Gasteiger partial charge on any atom is -0.391 e. The van der Waals surface area contributed by atoms with Gasteiger partial charge >= 0.3 is 0 Å². The summed E-state index contributed by atoms with van der Waals surface area (Å²) in [6.45, 7) is 15.8. The summed E-state index contributed by atoms with van der Waals surface area (Å²) in [6.07, 6.45) is 7.14. The van der Waals surface area contributed by atoms with Crippen LogP contribution in [0.3, 0.4) is 0 Å². The molecule has 18 heteroatoms. The van der Waals surface area contributed by atoms with Gasteiger partial charge in [0.15, 0.2) is 6.04 Å². The number of fused-ring (bicyclic) bond motifs is 5. The zero-order chi connectivity index (χ0) is 52.3. The molecule has 4 fully saturated rings. The molecule has 16 nitrogen and oxygen atoms in total. The number of ether oxygens (including phenoxy) is 1. The number of piperidine rings is 1. The highest BCUT2D eigenvalue weighted by atomic mass is 35.5. The fourth-order valence-electron chi connectivity index (χ4n) is 12.8. The van der Waals surface area contributed by atoms with Crippen LogP contribution in [0.1, 0.15) is 130 Å². The van der Waals surface area contributed by atoms with E-state index in [0.717, 1.165) is 121 Å². The number of hydrogen-bond donors (Lipinski definition) is 3. The maximum atomic E-state index is 14.7. The van der Waals surface area contributed by atoms with Crippen LogP contribution in [0.2, 0.25) is 5.02 Å². The van der Waals surface area contributed by atoms with Crippen molar-refractivity contribution in [2.75, 3.05) is 59.0 Å². The summed E-state index contributed by atoms with van der Waals surface area (Å²) in [5, 5.41) is 35.9. The van der Waals surface area contributed by atoms with Gasteiger partial charge in [0.1, 0.15) is 11.9 Å². The smallest absolute Gasteiger partial charge is 0.282 e. The molecule has 4 atom stereocenters. The van der Waals surface area contributed by atoms with Crippen molar-refractivity contribution in [1.82, 2.24) is 49.5 Å². The van der Waals surface area contributed by atoms with Crippen LogP contribution in [-0.2, 0) is 19.7 Å². The normalized spacial score (nSPS) is 23.3. The lowest BCUT2D eigenvalue weighted by Gasteiger charge is -2.36. The van der Waals surface area contributed by atoms with Crippen molar-refractivity contribution in [2.24, 2.45) is 5.92 Å². The van der Waals surface area contributed by atoms with E-state index in [1.807, 2.05) is 36.7 Å². The molecule has 3 aromatic heterocycles. The molecule has 3 aromatic carbocycles. The maximum absolute atomic E-state index is 14.7. The second kappa shape index (κ2) is 20.9. The number of benzene rings is 3. The third kappa shape index (κ3) is 10.2. The molecular formula is C57H69ClN10O6S. The number of hydrogen-bond acceptors (Lipinski definition) is 13. The van der Waals surface area contributed by atoms with Gasteiger partial charge in [-0.25, -0.2) is 9.67 Å². The van der Waals surface area contributed by atoms with E-state index in [1.54, 1.807) is 37.4 Å². The average molecular weight is 1060 g/mol. The first-order chi connectivity index (χ1) is 36.0. The molecule has 75 heavy (non-hydrogen) atoms.